The van der Waals surface area contributed by atoms with Crippen LogP contribution in [-0.2, 0) is 17.9 Å². The number of para-hydroxylation sites is 4. The highest BCUT2D eigenvalue weighted by Crippen LogP contribution is 2.31. The Kier molecular flexibility index (Phi) is 8.77. The number of carbonyl (C=O) groups excluding carboxylic acids is 2. The molecule has 2 saturated heterocycles. The zero-order valence-corrected chi connectivity index (χ0v) is 27.8. The first-order chi connectivity index (χ1) is 23.6. The van der Waals surface area contributed by atoms with Gasteiger partial charge < -0.3 is 34.5 Å². The van der Waals surface area contributed by atoms with Crippen molar-refractivity contribution in [3.05, 3.63) is 97.1 Å². The minimum Gasteiger partial charge on any atom is -0.389 e. The number of hydrogen-bond donors (Lipinski definition) is 3. The van der Waals surface area contributed by atoms with E-state index in [1.165, 1.54) is 15.7 Å². The van der Waals surface area contributed by atoms with Gasteiger partial charge in [0.15, 0.2) is 6.17 Å². The third-order valence-corrected chi connectivity index (χ3v) is 9.60. The fraction of sp³-hybridized carbons (Fsp3) is 0.333. The molecule has 2 aromatic heterocycles. The molecule has 3 amide bonds. The molecule has 9 nitrogen and oxygen atoms in total. The number of β-amino-alcohol motifs (C(OH)–C–C–N with tert-alkyl or cyclic N) is 2. The first-order valence-corrected chi connectivity index (χ1v) is 16.9. The number of alkyl halides is 1. The Labute approximate surface area is 284 Å². The second kappa shape index (κ2) is 13.2. The molecule has 0 aliphatic carbocycles. The molecule has 3 N–H and O–H groups in total. The van der Waals surface area contributed by atoms with Crippen LogP contribution in [0.1, 0.15) is 20.3 Å². The molecule has 0 saturated carbocycles. The van der Waals surface area contributed by atoms with E-state index in [2.05, 4.69) is 50.8 Å². The van der Waals surface area contributed by atoms with Crippen LogP contribution in [-0.4, -0.2) is 91.2 Å². The van der Waals surface area contributed by atoms with Crippen LogP contribution in [0.3, 0.4) is 0 Å². The Balaban J connectivity index is 0.000000154. The molecule has 2 aliphatic rings. The number of benzene rings is 4. The summed E-state index contributed by atoms with van der Waals surface area (Å²) in [6, 6.07) is 32.7. The summed E-state index contributed by atoms with van der Waals surface area (Å²) in [6.07, 6.45) is -1.83. The van der Waals surface area contributed by atoms with Gasteiger partial charge in [0.1, 0.15) is 0 Å². The fourth-order valence-electron chi connectivity index (χ4n) is 7.47. The summed E-state index contributed by atoms with van der Waals surface area (Å²) < 4.78 is 17.7. The van der Waals surface area contributed by atoms with Gasteiger partial charge in [0.25, 0.3) is 5.91 Å². The summed E-state index contributed by atoms with van der Waals surface area (Å²) >= 11 is 0. The lowest BCUT2D eigenvalue weighted by molar-refractivity contribution is -0.134. The van der Waals surface area contributed by atoms with E-state index in [0.717, 1.165) is 32.8 Å². The summed E-state index contributed by atoms with van der Waals surface area (Å²) in [5.74, 6) is -0.512. The monoisotopic (exact) mass is 663 g/mol. The van der Waals surface area contributed by atoms with Gasteiger partial charge in [-0.1, -0.05) is 72.8 Å². The minimum atomic E-state index is -1.43. The van der Waals surface area contributed by atoms with Crippen LogP contribution >= 0.6 is 0 Å². The van der Waals surface area contributed by atoms with Crippen LogP contribution in [0.5, 0.6) is 0 Å². The van der Waals surface area contributed by atoms with Crippen molar-refractivity contribution in [2.75, 3.05) is 26.2 Å². The average Bonchev–Trinajstić information content (AvgIpc) is 3.79. The molecule has 10 heteroatoms. The number of aliphatic hydroxyl groups is 2. The van der Waals surface area contributed by atoms with Crippen LogP contribution in [0, 0.1) is 0 Å². The maximum atomic E-state index is 13.5. The topological polar surface area (TPSA) is 103 Å². The van der Waals surface area contributed by atoms with Crippen LogP contribution < -0.4 is 5.32 Å². The Hall–Kier alpha value is -4.93. The average molecular weight is 664 g/mol. The van der Waals surface area contributed by atoms with Crippen LogP contribution in [0.15, 0.2) is 97.1 Å². The van der Waals surface area contributed by atoms with E-state index in [4.69, 9.17) is 0 Å². The lowest BCUT2D eigenvalue weighted by atomic mass is 10.1. The highest BCUT2D eigenvalue weighted by Gasteiger charge is 2.36. The van der Waals surface area contributed by atoms with Gasteiger partial charge in [-0.2, -0.15) is 0 Å². The van der Waals surface area contributed by atoms with Crippen molar-refractivity contribution in [3.8, 4) is 0 Å². The highest BCUT2D eigenvalue weighted by molar-refractivity contribution is 6.08. The maximum Gasteiger partial charge on any atom is 0.317 e. The number of carbonyl (C=O) groups is 2. The molecule has 0 radical (unpaired) electrons. The second-order valence-electron chi connectivity index (χ2n) is 13.7. The summed E-state index contributed by atoms with van der Waals surface area (Å²) in [6.45, 7) is 5.96. The first kappa shape index (κ1) is 32.6. The van der Waals surface area contributed by atoms with Gasteiger partial charge in [0, 0.05) is 69.2 Å². The van der Waals surface area contributed by atoms with Gasteiger partial charge in [-0.05, 0) is 38.1 Å². The fourth-order valence-corrected chi connectivity index (χ4v) is 7.47. The number of hydrogen-bond acceptors (Lipinski definition) is 4. The van der Waals surface area contributed by atoms with Gasteiger partial charge in [-0.3, -0.25) is 4.79 Å². The molecule has 254 valence electrons. The maximum absolute atomic E-state index is 13.5. The first-order valence-electron chi connectivity index (χ1n) is 16.9. The van der Waals surface area contributed by atoms with Crippen LogP contribution in [0.4, 0.5) is 9.18 Å². The van der Waals surface area contributed by atoms with Gasteiger partial charge >= 0.3 is 6.03 Å². The Morgan fingerprint density at radius 1 is 0.755 bits per heavy atom. The molecule has 8 rings (SSSR count). The number of amides is 3. The molecule has 4 atom stereocenters. The Bertz CT molecular complexity index is 2050. The van der Waals surface area contributed by atoms with Crippen LogP contribution in [0.2, 0.25) is 0 Å². The predicted octanol–water partition coefficient (Wildman–Crippen LogP) is 5.69. The summed E-state index contributed by atoms with van der Waals surface area (Å²) in [5, 5.41) is 29.0. The largest absolute Gasteiger partial charge is 0.389 e. The van der Waals surface area contributed by atoms with E-state index in [0.29, 0.717) is 32.7 Å². The number of aliphatic hydroxyl groups excluding tert-OH is 1. The quantitative estimate of drug-likeness (QED) is 0.195. The highest BCUT2D eigenvalue weighted by atomic mass is 19.1. The molecule has 4 aromatic carbocycles. The number of likely N-dealkylation sites (tertiary alicyclic amines) is 1. The van der Waals surface area contributed by atoms with E-state index in [1.54, 1.807) is 11.8 Å². The van der Waals surface area contributed by atoms with Crippen LogP contribution in [0.25, 0.3) is 43.6 Å². The Morgan fingerprint density at radius 3 is 1.65 bits per heavy atom. The second-order valence-corrected chi connectivity index (χ2v) is 13.7. The minimum absolute atomic E-state index is 0.0937. The third kappa shape index (κ3) is 6.46. The molecular weight excluding hydrogens is 621 g/mol. The van der Waals surface area contributed by atoms with Gasteiger partial charge in [0.05, 0.1) is 37.9 Å². The number of urea groups is 1. The number of nitrogens with one attached hydrogen (secondary N) is 1. The molecular formula is C39H42FN5O4. The summed E-state index contributed by atoms with van der Waals surface area (Å²) in [7, 11) is 0. The van der Waals surface area contributed by atoms with Crippen molar-refractivity contribution in [1.82, 2.24) is 24.3 Å². The van der Waals surface area contributed by atoms with Crippen molar-refractivity contribution in [2.45, 2.75) is 57.3 Å². The summed E-state index contributed by atoms with van der Waals surface area (Å²) in [5.41, 5.74) is 3.15. The van der Waals surface area contributed by atoms with Gasteiger partial charge in [-0.15, -0.1) is 0 Å². The van der Waals surface area contributed by atoms with Gasteiger partial charge in [-0.25, -0.2) is 9.18 Å². The smallest absolute Gasteiger partial charge is 0.317 e. The lowest BCUT2D eigenvalue weighted by Crippen LogP contribution is -2.45. The Morgan fingerprint density at radius 2 is 1.22 bits per heavy atom. The molecule has 2 fully saturated rings. The van der Waals surface area contributed by atoms with E-state index in [-0.39, 0.29) is 25.0 Å². The molecule has 0 bridgehead atoms. The van der Waals surface area contributed by atoms with E-state index in [1.807, 2.05) is 67.6 Å². The van der Waals surface area contributed by atoms with E-state index < -0.39 is 23.8 Å². The number of halogens is 1. The lowest BCUT2D eigenvalue weighted by Gasteiger charge is -2.30. The normalized spacial score (nSPS) is 19.9. The van der Waals surface area contributed by atoms with Gasteiger partial charge in [0.2, 0.25) is 0 Å². The number of fused-ring (bicyclic) bond motifs is 6. The molecule has 6 aromatic rings. The standard InChI is InChI=1S/C20H21FN2O2.C19H21N3O2/c1-20(25,12-22-11-10-16(21)19(22)24)13-23-17-8-4-2-6-14(17)15-7-3-5-9-18(15)23;1-13-10-21(19(24)20-13)11-14(23)12-22-17-8-4-2-6-15(17)16-7-3-5-9-18(16)22/h2-9,16,25H,10-13H2,1H3;2-9,13-14,23H,10-12H2,1H3,(H,20,24)/t16-,20+;13-,14+/m01/s1. The number of aromatic nitrogens is 2. The van der Waals surface area contributed by atoms with Crippen molar-refractivity contribution in [3.63, 3.8) is 0 Å². The van der Waals surface area contributed by atoms with Crippen molar-refractivity contribution >= 4 is 55.5 Å². The molecule has 0 spiro atoms. The van der Waals surface area contributed by atoms with E-state index in [9.17, 15) is 24.2 Å². The van der Waals surface area contributed by atoms with Crippen molar-refractivity contribution in [1.29, 1.82) is 0 Å². The number of nitrogens with zero attached hydrogens (tertiary/aromatic N) is 4. The van der Waals surface area contributed by atoms with Crippen molar-refractivity contribution < 1.29 is 24.2 Å². The zero-order valence-electron chi connectivity index (χ0n) is 27.8. The SMILES string of the molecule is C[C@@H]1CN(C[C@H](O)Cn2c3ccccc3c3ccccc32)C(=O)N1.C[C@@](O)(CN1CC[C@H](F)C1=O)Cn1c2ccccc2c2ccccc21. The molecule has 2 aliphatic heterocycles. The van der Waals surface area contributed by atoms with Crippen molar-refractivity contribution in [2.24, 2.45) is 0 Å². The van der Waals surface area contributed by atoms with E-state index >= 15 is 0 Å². The predicted molar refractivity (Wildman–Crippen MR) is 191 cm³/mol. The molecule has 0 unspecified atom stereocenters. The third-order valence-electron chi connectivity index (χ3n) is 9.60. The molecule has 49 heavy (non-hydrogen) atoms. The molecule has 4 heterocycles. The zero-order chi connectivity index (χ0) is 34.3. The number of rotatable bonds is 8. The summed E-state index contributed by atoms with van der Waals surface area (Å²) in [4.78, 5) is 26.8.